The lowest BCUT2D eigenvalue weighted by Gasteiger charge is -2.37. The number of β-amino-alcohol motifs (C(OH)–C–C–N with tert-alkyl or cyclic N) is 1. The Morgan fingerprint density at radius 2 is 1.74 bits per heavy atom. The topological polar surface area (TPSA) is 80.0 Å². The van der Waals surface area contributed by atoms with Crippen LogP contribution in [0.5, 0.6) is 5.75 Å². The number of para-hydroxylation sites is 2. The number of hydrogen-bond donors (Lipinski definition) is 3. The number of benzene rings is 2. The fourth-order valence-electron chi connectivity index (χ4n) is 6.69. The van der Waals surface area contributed by atoms with Gasteiger partial charge in [0.2, 0.25) is 0 Å². The van der Waals surface area contributed by atoms with Gasteiger partial charge < -0.3 is 25.3 Å². The van der Waals surface area contributed by atoms with Gasteiger partial charge in [-0.25, -0.2) is 4.39 Å². The number of aromatic hydroxyl groups is 1. The van der Waals surface area contributed by atoms with Crippen LogP contribution < -0.4 is 10.2 Å². The number of halogens is 4. The van der Waals surface area contributed by atoms with E-state index in [2.05, 4.69) is 20.0 Å². The van der Waals surface area contributed by atoms with Gasteiger partial charge in [-0.3, -0.25) is 9.58 Å². The van der Waals surface area contributed by atoms with Crippen LogP contribution in [-0.2, 0) is 25.7 Å². The number of piperazine rings is 1. The number of phenols is 1. The van der Waals surface area contributed by atoms with Crippen molar-refractivity contribution in [2.24, 2.45) is 0 Å². The minimum Gasteiger partial charge on any atom is -0.506 e. The number of nitrogens with one attached hydrogen (secondary N) is 1. The molecule has 3 N–H and O–H groups in total. The van der Waals surface area contributed by atoms with Gasteiger partial charge in [-0.15, -0.1) is 11.8 Å². The summed E-state index contributed by atoms with van der Waals surface area (Å²) < 4.78 is 57.4. The van der Waals surface area contributed by atoms with Crippen LogP contribution in [0.3, 0.4) is 0 Å². The molecule has 46 heavy (non-hydrogen) atoms. The summed E-state index contributed by atoms with van der Waals surface area (Å²) in [6.45, 7) is 6.92. The third kappa shape index (κ3) is 7.82. The maximum absolute atomic E-state index is 14.0. The van der Waals surface area contributed by atoms with Crippen molar-refractivity contribution in [2.75, 3.05) is 69.6 Å². The van der Waals surface area contributed by atoms with E-state index in [1.807, 2.05) is 16.8 Å². The first kappa shape index (κ1) is 33.1. The van der Waals surface area contributed by atoms with E-state index < -0.39 is 24.0 Å². The Morgan fingerprint density at radius 3 is 2.48 bits per heavy atom. The number of thioether (sulfide) groups is 1. The first-order chi connectivity index (χ1) is 22.2. The van der Waals surface area contributed by atoms with Crippen molar-refractivity contribution < 1.29 is 27.8 Å². The van der Waals surface area contributed by atoms with Gasteiger partial charge in [0.05, 0.1) is 29.6 Å². The molecule has 2 aromatic carbocycles. The molecule has 8 nitrogen and oxygen atoms in total. The van der Waals surface area contributed by atoms with Gasteiger partial charge in [-0.05, 0) is 37.1 Å². The molecule has 3 aliphatic rings. The molecule has 4 heterocycles. The number of fused-ring (bicyclic) bond motifs is 1. The maximum Gasteiger partial charge on any atom is 0.417 e. The number of nitrogens with zero attached hydrogens (tertiary/aromatic N) is 5. The largest absolute Gasteiger partial charge is 0.506 e. The molecule has 13 heteroatoms. The molecule has 0 bridgehead atoms. The highest BCUT2D eigenvalue weighted by atomic mass is 32.2. The monoisotopic (exact) mass is 662 g/mol. The van der Waals surface area contributed by atoms with Crippen molar-refractivity contribution in [2.45, 2.75) is 55.7 Å². The summed E-state index contributed by atoms with van der Waals surface area (Å²) in [6, 6.07) is 11.6. The van der Waals surface area contributed by atoms with Crippen LogP contribution in [0.15, 0.2) is 47.4 Å². The van der Waals surface area contributed by atoms with Crippen molar-refractivity contribution in [1.29, 1.82) is 0 Å². The molecule has 0 aliphatic carbocycles. The van der Waals surface area contributed by atoms with Gasteiger partial charge in [0.25, 0.3) is 0 Å². The second kappa shape index (κ2) is 14.5. The van der Waals surface area contributed by atoms with Crippen molar-refractivity contribution >= 4 is 17.4 Å². The van der Waals surface area contributed by atoms with Gasteiger partial charge >= 0.3 is 6.18 Å². The van der Waals surface area contributed by atoms with Crippen LogP contribution in [0, 0.1) is 0 Å². The summed E-state index contributed by atoms with van der Waals surface area (Å²) in [7, 11) is 0. The fraction of sp³-hybridized carbons (Fsp3) is 0.545. The molecule has 3 aliphatic heterocycles. The lowest BCUT2D eigenvalue weighted by atomic mass is 10.0. The predicted octanol–water partition coefficient (Wildman–Crippen LogP) is 4.63. The molecule has 0 radical (unpaired) electrons. The Bertz CT molecular complexity index is 1470. The van der Waals surface area contributed by atoms with Crippen LogP contribution in [-0.4, -0.2) is 107 Å². The summed E-state index contributed by atoms with van der Waals surface area (Å²) in [6.07, 6.45) is -4.28. The fourth-order valence-corrected chi connectivity index (χ4v) is 7.81. The zero-order chi connectivity index (χ0) is 32.3. The summed E-state index contributed by atoms with van der Waals surface area (Å²) in [5.74, 6) is 0.739. The van der Waals surface area contributed by atoms with Crippen LogP contribution in [0.4, 0.5) is 23.2 Å². The Kier molecular flexibility index (Phi) is 10.4. The summed E-state index contributed by atoms with van der Waals surface area (Å²) in [5, 5.41) is 29.6. The van der Waals surface area contributed by atoms with Gasteiger partial charge in [0, 0.05) is 99.3 Å². The van der Waals surface area contributed by atoms with Crippen molar-refractivity contribution in [3.05, 3.63) is 59.3 Å². The second-order valence-corrected chi connectivity index (χ2v) is 13.5. The first-order valence-corrected chi connectivity index (χ1v) is 17.1. The summed E-state index contributed by atoms with van der Waals surface area (Å²) >= 11 is 1.18. The highest BCUT2D eigenvalue weighted by Crippen LogP contribution is 2.40. The predicted molar refractivity (Wildman–Crippen MR) is 172 cm³/mol. The average Bonchev–Trinajstić information content (AvgIpc) is 3.40. The molecule has 0 amide bonds. The van der Waals surface area contributed by atoms with Gasteiger partial charge in [-0.1, -0.05) is 18.2 Å². The molecular formula is C33H42F4N6O2S. The van der Waals surface area contributed by atoms with Gasteiger partial charge in [-0.2, -0.15) is 18.3 Å². The standard InChI is InChI=1S/C33H42F4N6O2S/c34-24-8-11-40(12-9-24)17-18-46-31-19-23(5-6-27(31)33(35,36)37)32-26-20-38-10-7-28(26)43(39-32)22-25(44)21-41-13-15-42(16-14-41)29-3-1-2-4-30(29)45/h1-6,19,24-25,38,44-45H,7-18,20-22H2/t25-/m0/s1. The maximum atomic E-state index is 14.0. The molecule has 250 valence electrons. The van der Waals surface area contributed by atoms with Crippen molar-refractivity contribution in [3.63, 3.8) is 0 Å². The smallest absolute Gasteiger partial charge is 0.417 e. The second-order valence-electron chi connectivity index (χ2n) is 12.4. The van der Waals surface area contributed by atoms with E-state index in [-0.39, 0.29) is 10.6 Å². The number of aliphatic hydroxyl groups is 1. The van der Waals surface area contributed by atoms with Crippen LogP contribution >= 0.6 is 11.8 Å². The lowest BCUT2D eigenvalue weighted by molar-refractivity contribution is -0.139. The van der Waals surface area contributed by atoms with E-state index in [0.29, 0.717) is 75.5 Å². The van der Waals surface area contributed by atoms with Gasteiger partial charge in [0.1, 0.15) is 11.9 Å². The molecule has 0 saturated carbocycles. The Labute approximate surface area is 271 Å². The zero-order valence-electron chi connectivity index (χ0n) is 25.9. The molecule has 6 rings (SSSR count). The van der Waals surface area contributed by atoms with Crippen molar-refractivity contribution in [1.82, 2.24) is 24.9 Å². The number of alkyl halides is 4. The molecule has 1 atom stereocenters. The number of aromatic nitrogens is 2. The number of anilines is 1. The van der Waals surface area contributed by atoms with Crippen LogP contribution in [0.25, 0.3) is 11.3 Å². The van der Waals surface area contributed by atoms with E-state index in [9.17, 15) is 27.8 Å². The third-order valence-electron chi connectivity index (χ3n) is 9.20. The number of rotatable bonds is 10. The minimum atomic E-state index is -4.48. The Hall–Kier alpha value is -2.84. The van der Waals surface area contributed by atoms with E-state index in [0.717, 1.165) is 55.7 Å². The molecule has 2 fully saturated rings. The lowest BCUT2D eigenvalue weighted by Crippen LogP contribution is -2.49. The highest BCUT2D eigenvalue weighted by molar-refractivity contribution is 7.99. The molecule has 1 aromatic heterocycles. The number of phenolic OH excluding ortho intramolecular Hbond substituents is 1. The van der Waals surface area contributed by atoms with Gasteiger partial charge in [0.15, 0.2) is 0 Å². The third-order valence-corrected chi connectivity index (χ3v) is 10.2. The number of likely N-dealkylation sites (tertiary alicyclic amines) is 1. The van der Waals surface area contributed by atoms with Crippen LogP contribution in [0.2, 0.25) is 0 Å². The molecule has 0 unspecified atom stereocenters. The Balaban J connectivity index is 1.14. The summed E-state index contributed by atoms with van der Waals surface area (Å²) in [5.41, 5.74) is 3.39. The first-order valence-electron chi connectivity index (χ1n) is 16.1. The SMILES string of the molecule is Oc1ccccc1N1CCN(C[C@H](O)Cn2nc(-c3ccc(C(F)(F)F)c(SCCN4CCC(F)CC4)c3)c3c2CCNC3)CC1. The van der Waals surface area contributed by atoms with Crippen molar-refractivity contribution in [3.8, 4) is 17.0 Å². The highest BCUT2D eigenvalue weighted by Gasteiger charge is 2.34. The number of piperidine rings is 1. The molecule has 0 spiro atoms. The van der Waals surface area contributed by atoms with Crippen LogP contribution in [0.1, 0.15) is 29.7 Å². The molecular weight excluding hydrogens is 620 g/mol. The van der Waals surface area contributed by atoms with E-state index in [4.69, 9.17) is 5.10 Å². The zero-order valence-corrected chi connectivity index (χ0v) is 26.7. The van der Waals surface area contributed by atoms with E-state index >= 15 is 0 Å². The average molecular weight is 663 g/mol. The molecule has 2 saturated heterocycles. The van der Waals surface area contributed by atoms with E-state index in [1.165, 1.54) is 17.8 Å². The minimum absolute atomic E-state index is 0.167. The summed E-state index contributed by atoms with van der Waals surface area (Å²) in [4.78, 5) is 6.63. The molecule has 3 aromatic rings. The quantitative estimate of drug-likeness (QED) is 0.215. The normalized spacial score (nSPS) is 19.4. The van der Waals surface area contributed by atoms with E-state index in [1.54, 1.807) is 18.2 Å². The number of aliphatic hydroxyl groups excluding tert-OH is 1. The Morgan fingerprint density at radius 1 is 0.978 bits per heavy atom. The number of hydrogen-bond acceptors (Lipinski definition) is 8.